The van der Waals surface area contributed by atoms with E-state index in [1.54, 1.807) is 0 Å². The lowest BCUT2D eigenvalue weighted by atomic mass is 10.3. The molecule has 0 radical (unpaired) electrons. The minimum atomic E-state index is 0.663. The van der Waals surface area contributed by atoms with Gasteiger partial charge in [0.1, 0.15) is 11.2 Å². The Balaban J connectivity index is 2.19. The van der Waals surface area contributed by atoms with Gasteiger partial charge in [0, 0.05) is 10.2 Å². The van der Waals surface area contributed by atoms with E-state index in [9.17, 15) is 0 Å². The summed E-state index contributed by atoms with van der Waals surface area (Å²) in [6, 6.07) is 7.72. The van der Waals surface area contributed by atoms with Crippen LogP contribution in [-0.2, 0) is 0 Å². The summed E-state index contributed by atoms with van der Waals surface area (Å²) in [6.45, 7) is 0.663. The number of hydrogen-bond acceptors (Lipinski definition) is 3. The van der Waals surface area contributed by atoms with Crippen molar-refractivity contribution in [2.45, 2.75) is 6.42 Å². The van der Waals surface area contributed by atoms with Crippen LogP contribution >= 0.6 is 27.7 Å². The van der Waals surface area contributed by atoms with Crippen LogP contribution in [0.2, 0.25) is 0 Å². The van der Waals surface area contributed by atoms with Crippen molar-refractivity contribution in [2.75, 3.05) is 12.4 Å². The van der Waals surface area contributed by atoms with Gasteiger partial charge in [0.15, 0.2) is 0 Å². The summed E-state index contributed by atoms with van der Waals surface area (Å²) in [6.07, 6.45) is 0.897. The molecule has 0 amide bonds. The fourth-order valence-electron chi connectivity index (χ4n) is 0.898. The lowest BCUT2D eigenvalue weighted by Gasteiger charge is -2.04. The number of halogens is 1. The van der Waals surface area contributed by atoms with Crippen LogP contribution in [0.3, 0.4) is 0 Å². The number of rotatable bonds is 5. The first-order valence-corrected chi connectivity index (χ1v) is 6.00. The lowest BCUT2D eigenvalue weighted by molar-refractivity contribution is 0.319. The highest BCUT2D eigenvalue weighted by molar-refractivity contribution is 9.10. The van der Waals surface area contributed by atoms with E-state index in [-0.39, 0.29) is 0 Å². The summed E-state index contributed by atoms with van der Waals surface area (Å²) in [5.74, 6) is 1.70. The maximum atomic E-state index is 8.28. The molecule has 74 valence electrons. The molecule has 0 saturated carbocycles. The molecule has 1 aromatic rings. The summed E-state index contributed by atoms with van der Waals surface area (Å²) in [5, 5.41) is 10.3. The average molecular weight is 272 g/mol. The van der Waals surface area contributed by atoms with Crippen LogP contribution < -0.4 is 4.74 Å². The Morgan fingerprint density at radius 3 is 2.71 bits per heavy atom. The molecule has 0 unspecified atom stereocenters. The van der Waals surface area contributed by atoms with Crippen LogP contribution in [0.15, 0.2) is 28.7 Å². The van der Waals surface area contributed by atoms with Crippen LogP contribution in [0.4, 0.5) is 0 Å². The van der Waals surface area contributed by atoms with Crippen molar-refractivity contribution < 1.29 is 4.74 Å². The number of benzene rings is 1. The largest absolute Gasteiger partial charge is 0.494 e. The molecule has 0 bridgehead atoms. The highest BCUT2D eigenvalue weighted by Crippen LogP contribution is 2.16. The quantitative estimate of drug-likeness (QED) is 0.608. The summed E-state index contributed by atoms with van der Waals surface area (Å²) >= 11 is 4.62. The average Bonchev–Trinajstić information content (AvgIpc) is 2.21. The van der Waals surface area contributed by atoms with E-state index in [4.69, 9.17) is 10.00 Å². The van der Waals surface area contributed by atoms with Crippen LogP contribution in [-0.4, -0.2) is 12.4 Å². The number of thioether (sulfide) groups is 1. The molecule has 4 heteroatoms. The SMILES string of the molecule is N#CSCCCOc1ccc(Br)cc1. The third-order valence-corrected chi connectivity index (χ3v) is 2.69. The molecule has 2 nitrogen and oxygen atoms in total. The van der Waals surface area contributed by atoms with Crippen molar-refractivity contribution in [2.24, 2.45) is 0 Å². The lowest BCUT2D eigenvalue weighted by Crippen LogP contribution is -1.97. The Hall–Kier alpha value is -0.660. The van der Waals surface area contributed by atoms with Crippen molar-refractivity contribution in [1.29, 1.82) is 5.26 Å². The molecule has 14 heavy (non-hydrogen) atoms. The van der Waals surface area contributed by atoms with Crippen LogP contribution in [0, 0.1) is 10.7 Å². The zero-order valence-corrected chi connectivity index (χ0v) is 9.97. The number of hydrogen-bond donors (Lipinski definition) is 0. The Kier molecular flexibility index (Phi) is 5.50. The van der Waals surface area contributed by atoms with Gasteiger partial charge in [-0.15, -0.1) is 0 Å². The molecule has 0 aromatic heterocycles. The molecule has 0 spiro atoms. The van der Waals surface area contributed by atoms with Crippen molar-refractivity contribution in [3.8, 4) is 11.2 Å². The van der Waals surface area contributed by atoms with Gasteiger partial charge in [0.05, 0.1) is 6.61 Å². The van der Waals surface area contributed by atoms with E-state index in [0.717, 1.165) is 22.4 Å². The van der Waals surface area contributed by atoms with Gasteiger partial charge in [-0.2, -0.15) is 5.26 Å². The molecular formula is C10H10BrNOS. The van der Waals surface area contributed by atoms with Gasteiger partial charge in [0.25, 0.3) is 0 Å². The fraction of sp³-hybridized carbons (Fsp3) is 0.300. The van der Waals surface area contributed by atoms with Crippen molar-refractivity contribution >= 4 is 27.7 Å². The van der Waals surface area contributed by atoms with Gasteiger partial charge in [0.2, 0.25) is 0 Å². The van der Waals surface area contributed by atoms with E-state index in [1.807, 2.05) is 29.7 Å². The monoisotopic (exact) mass is 271 g/mol. The topological polar surface area (TPSA) is 33.0 Å². The Morgan fingerprint density at radius 2 is 2.07 bits per heavy atom. The number of nitriles is 1. The number of nitrogens with zero attached hydrogens (tertiary/aromatic N) is 1. The zero-order chi connectivity index (χ0) is 10.2. The Morgan fingerprint density at radius 1 is 1.36 bits per heavy atom. The smallest absolute Gasteiger partial charge is 0.133 e. The highest BCUT2D eigenvalue weighted by Gasteiger charge is 1.93. The maximum Gasteiger partial charge on any atom is 0.133 e. The first-order chi connectivity index (χ1) is 6.83. The highest BCUT2D eigenvalue weighted by atomic mass is 79.9. The van der Waals surface area contributed by atoms with E-state index >= 15 is 0 Å². The molecule has 0 aliphatic rings. The molecule has 0 heterocycles. The van der Waals surface area contributed by atoms with Crippen molar-refractivity contribution in [1.82, 2.24) is 0 Å². The van der Waals surface area contributed by atoms with Crippen molar-refractivity contribution in [3.63, 3.8) is 0 Å². The van der Waals surface area contributed by atoms with Crippen LogP contribution in [0.1, 0.15) is 6.42 Å². The molecule has 0 aliphatic heterocycles. The minimum Gasteiger partial charge on any atom is -0.494 e. The second-order valence-corrected chi connectivity index (χ2v) is 4.39. The molecule has 1 aromatic carbocycles. The van der Waals surface area contributed by atoms with Crippen LogP contribution in [0.5, 0.6) is 5.75 Å². The molecule has 0 N–H and O–H groups in total. The van der Waals surface area contributed by atoms with Crippen molar-refractivity contribution in [3.05, 3.63) is 28.7 Å². The van der Waals surface area contributed by atoms with E-state index in [2.05, 4.69) is 15.9 Å². The minimum absolute atomic E-state index is 0.663. The third kappa shape index (κ3) is 4.54. The molecule has 1 rings (SSSR count). The fourth-order valence-corrected chi connectivity index (χ4v) is 1.52. The second-order valence-electron chi connectivity index (χ2n) is 2.60. The molecule has 0 atom stereocenters. The van der Waals surface area contributed by atoms with Gasteiger partial charge in [-0.3, -0.25) is 0 Å². The molecule has 0 saturated heterocycles. The van der Waals surface area contributed by atoms with Gasteiger partial charge in [-0.1, -0.05) is 15.9 Å². The summed E-state index contributed by atoms with van der Waals surface area (Å²) in [4.78, 5) is 0. The van der Waals surface area contributed by atoms with Gasteiger partial charge in [-0.05, 0) is 42.4 Å². The van der Waals surface area contributed by atoms with Gasteiger partial charge in [-0.25, -0.2) is 0 Å². The summed E-state index contributed by atoms with van der Waals surface area (Å²) in [5.41, 5.74) is 0. The standard InChI is InChI=1S/C10H10BrNOS/c11-9-2-4-10(5-3-9)13-6-1-7-14-8-12/h2-5H,1,6-7H2. The molecule has 0 aliphatic carbocycles. The third-order valence-electron chi connectivity index (χ3n) is 1.54. The van der Waals surface area contributed by atoms with Gasteiger partial charge >= 0.3 is 0 Å². The first-order valence-electron chi connectivity index (χ1n) is 4.22. The zero-order valence-electron chi connectivity index (χ0n) is 7.57. The van der Waals surface area contributed by atoms with Gasteiger partial charge < -0.3 is 4.74 Å². The second kappa shape index (κ2) is 6.74. The van der Waals surface area contributed by atoms with E-state index < -0.39 is 0 Å². The predicted octanol–water partition coefficient (Wildman–Crippen LogP) is 3.43. The maximum absolute atomic E-state index is 8.28. The predicted molar refractivity (Wildman–Crippen MR) is 62.3 cm³/mol. The Bertz CT molecular complexity index is 307. The molecular weight excluding hydrogens is 262 g/mol. The van der Waals surface area contributed by atoms with E-state index in [1.165, 1.54) is 11.8 Å². The van der Waals surface area contributed by atoms with Crippen LogP contribution in [0.25, 0.3) is 0 Å². The normalized spacial score (nSPS) is 9.43. The first kappa shape index (κ1) is 11.4. The number of thiocyanates is 1. The summed E-state index contributed by atoms with van der Waals surface area (Å²) < 4.78 is 6.51. The Labute approximate surface area is 96.4 Å². The molecule has 0 fully saturated rings. The number of ether oxygens (including phenoxy) is 1. The summed E-state index contributed by atoms with van der Waals surface area (Å²) in [7, 11) is 0. The van der Waals surface area contributed by atoms with E-state index in [0.29, 0.717) is 6.61 Å².